The number of carbonyl (C=O) groups excluding carboxylic acids is 1. The van der Waals surface area contributed by atoms with Crippen LogP contribution in [0.3, 0.4) is 0 Å². The number of aromatic nitrogens is 1. The first kappa shape index (κ1) is 12.2. The molecule has 0 saturated carbocycles. The van der Waals surface area contributed by atoms with Gasteiger partial charge in [-0.3, -0.25) is 4.79 Å². The first-order valence-corrected chi connectivity index (χ1v) is 5.66. The smallest absolute Gasteiger partial charge is 0.290 e. The van der Waals surface area contributed by atoms with Crippen LogP contribution in [0.1, 0.15) is 34.8 Å². The fourth-order valence-corrected chi connectivity index (χ4v) is 1.72. The molecule has 1 amide bonds. The molecule has 0 fully saturated rings. The molecule has 0 saturated heterocycles. The summed E-state index contributed by atoms with van der Waals surface area (Å²) in [5, 5.41) is 6.49. The van der Waals surface area contributed by atoms with Crippen LogP contribution in [0.2, 0.25) is 0 Å². The third kappa shape index (κ3) is 2.51. The van der Waals surface area contributed by atoms with Crippen LogP contribution < -0.4 is 11.1 Å². The molecular weight excluding hydrogens is 230 g/mol. The Kier molecular flexibility index (Phi) is 3.32. The standard InChI is InChI=1S/C13H15N3O2/c1-8-7-12(18-16-8)13(17)15-9(2)10-5-3-4-6-11(10)14/h3-7,9H,14H2,1-2H3,(H,15,17). The predicted molar refractivity (Wildman–Crippen MR) is 68.0 cm³/mol. The van der Waals surface area contributed by atoms with E-state index in [9.17, 15) is 4.79 Å². The molecule has 0 aliphatic carbocycles. The number of amides is 1. The summed E-state index contributed by atoms with van der Waals surface area (Å²) in [4.78, 5) is 11.9. The SMILES string of the molecule is Cc1cc(C(=O)NC(C)c2ccccc2N)on1. The number of rotatable bonds is 3. The quantitative estimate of drug-likeness (QED) is 0.811. The Morgan fingerprint density at radius 2 is 2.17 bits per heavy atom. The van der Waals surface area contributed by atoms with E-state index < -0.39 is 0 Å². The lowest BCUT2D eigenvalue weighted by atomic mass is 10.1. The molecule has 1 atom stereocenters. The first-order valence-electron chi connectivity index (χ1n) is 5.66. The number of hydrogen-bond acceptors (Lipinski definition) is 4. The Labute approximate surface area is 105 Å². The predicted octanol–water partition coefficient (Wildman–Crippen LogP) is 2.06. The van der Waals surface area contributed by atoms with Crippen molar-refractivity contribution in [2.75, 3.05) is 5.73 Å². The van der Waals surface area contributed by atoms with Gasteiger partial charge in [-0.1, -0.05) is 23.4 Å². The first-order chi connectivity index (χ1) is 8.58. The Hall–Kier alpha value is -2.30. The number of carbonyl (C=O) groups is 1. The Balaban J connectivity index is 2.10. The van der Waals surface area contributed by atoms with Crippen LogP contribution >= 0.6 is 0 Å². The highest BCUT2D eigenvalue weighted by Gasteiger charge is 2.16. The van der Waals surface area contributed by atoms with Gasteiger partial charge in [-0.2, -0.15) is 0 Å². The van der Waals surface area contributed by atoms with Gasteiger partial charge in [-0.25, -0.2) is 0 Å². The summed E-state index contributed by atoms with van der Waals surface area (Å²) in [5.41, 5.74) is 8.05. The molecule has 2 aromatic rings. The molecule has 1 heterocycles. The molecule has 18 heavy (non-hydrogen) atoms. The Morgan fingerprint density at radius 3 is 2.78 bits per heavy atom. The normalized spacial score (nSPS) is 12.1. The van der Waals surface area contributed by atoms with E-state index in [1.807, 2.05) is 25.1 Å². The molecule has 0 aliphatic heterocycles. The van der Waals surface area contributed by atoms with Gasteiger partial charge in [0.25, 0.3) is 5.91 Å². The maximum atomic E-state index is 11.9. The van der Waals surface area contributed by atoms with Crippen molar-refractivity contribution in [3.8, 4) is 0 Å². The second-order valence-corrected chi connectivity index (χ2v) is 4.16. The fraction of sp³-hybridized carbons (Fsp3) is 0.231. The van der Waals surface area contributed by atoms with E-state index in [2.05, 4.69) is 10.5 Å². The minimum Gasteiger partial charge on any atom is -0.398 e. The number of nitrogens with one attached hydrogen (secondary N) is 1. The Morgan fingerprint density at radius 1 is 1.44 bits per heavy atom. The zero-order valence-electron chi connectivity index (χ0n) is 10.3. The molecule has 5 heteroatoms. The van der Waals surface area contributed by atoms with Gasteiger partial charge >= 0.3 is 0 Å². The number of aryl methyl sites for hydroxylation is 1. The topological polar surface area (TPSA) is 81.2 Å². The zero-order valence-corrected chi connectivity index (χ0v) is 10.3. The number of anilines is 1. The fourth-order valence-electron chi connectivity index (χ4n) is 1.72. The van der Waals surface area contributed by atoms with Gasteiger partial charge in [-0.15, -0.1) is 0 Å². The molecule has 94 valence electrons. The molecular formula is C13H15N3O2. The minimum absolute atomic E-state index is 0.191. The maximum absolute atomic E-state index is 11.9. The molecule has 0 bridgehead atoms. The lowest BCUT2D eigenvalue weighted by Crippen LogP contribution is -2.26. The highest BCUT2D eigenvalue weighted by molar-refractivity contribution is 5.91. The number of para-hydroxylation sites is 1. The van der Waals surface area contributed by atoms with Gasteiger partial charge in [0.05, 0.1) is 11.7 Å². The molecule has 0 spiro atoms. The van der Waals surface area contributed by atoms with Gasteiger partial charge in [-0.05, 0) is 25.5 Å². The van der Waals surface area contributed by atoms with E-state index in [1.54, 1.807) is 19.1 Å². The monoisotopic (exact) mass is 245 g/mol. The number of hydrogen-bond donors (Lipinski definition) is 2. The molecule has 1 unspecified atom stereocenters. The summed E-state index contributed by atoms with van der Waals surface area (Å²) in [6.07, 6.45) is 0. The second-order valence-electron chi connectivity index (χ2n) is 4.16. The highest BCUT2D eigenvalue weighted by Crippen LogP contribution is 2.19. The van der Waals surface area contributed by atoms with Crippen molar-refractivity contribution in [3.63, 3.8) is 0 Å². The molecule has 0 radical (unpaired) electrons. The molecule has 5 nitrogen and oxygen atoms in total. The van der Waals surface area contributed by atoms with Crippen LogP contribution in [0.25, 0.3) is 0 Å². The summed E-state index contributed by atoms with van der Waals surface area (Å²) < 4.78 is 4.90. The van der Waals surface area contributed by atoms with Crippen molar-refractivity contribution in [2.45, 2.75) is 19.9 Å². The van der Waals surface area contributed by atoms with Crippen LogP contribution in [-0.2, 0) is 0 Å². The van der Waals surface area contributed by atoms with E-state index in [-0.39, 0.29) is 17.7 Å². The van der Waals surface area contributed by atoms with Crippen molar-refractivity contribution < 1.29 is 9.32 Å². The minimum atomic E-state index is -0.300. The summed E-state index contributed by atoms with van der Waals surface area (Å²) in [5.74, 6) is -0.0970. The Bertz CT molecular complexity index is 563. The summed E-state index contributed by atoms with van der Waals surface area (Å²) in [7, 11) is 0. The summed E-state index contributed by atoms with van der Waals surface area (Å²) in [6.45, 7) is 3.63. The van der Waals surface area contributed by atoms with E-state index in [1.165, 1.54) is 0 Å². The van der Waals surface area contributed by atoms with Crippen molar-refractivity contribution in [1.29, 1.82) is 0 Å². The molecule has 1 aromatic carbocycles. The maximum Gasteiger partial charge on any atom is 0.290 e. The van der Waals surface area contributed by atoms with E-state index in [0.29, 0.717) is 11.4 Å². The highest BCUT2D eigenvalue weighted by atomic mass is 16.5. The van der Waals surface area contributed by atoms with Crippen molar-refractivity contribution >= 4 is 11.6 Å². The third-order valence-electron chi connectivity index (χ3n) is 2.66. The van der Waals surface area contributed by atoms with Gasteiger partial charge < -0.3 is 15.6 Å². The van der Waals surface area contributed by atoms with Crippen LogP contribution in [0, 0.1) is 6.92 Å². The molecule has 0 aliphatic rings. The molecule has 2 rings (SSSR count). The largest absolute Gasteiger partial charge is 0.398 e. The zero-order chi connectivity index (χ0) is 13.1. The van der Waals surface area contributed by atoms with Gasteiger partial charge in [0, 0.05) is 11.8 Å². The number of nitrogens with zero attached hydrogens (tertiary/aromatic N) is 1. The molecule has 1 aromatic heterocycles. The molecule has 3 N–H and O–H groups in total. The summed E-state index contributed by atoms with van der Waals surface area (Å²) >= 11 is 0. The van der Waals surface area contributed by atoms with Crippen LogP contribution in [0.5, 0.6) is 0 Å². The van der Waals surface area contributed by atoms with E-state index in [0.717, 1.165) is 5.56 Å². The number of benzene rings is 1. The third-order valence-corrected chi connectivity index (χ3v) is 2.66. The lowest BCUT2D eigenvalue weighted by molar-refractivity contribution is 0.0902. The van der Waals surface area contributed by atoms with Crippen LogP contribution in [0.15, 0.2) is 34.9 Å². The lowest BCUT2D eigenvalue weighted by Gasteiger charge is -2.15. The summed E-state index contributed by atoms with van der Waals surface area (Å²) in [6, 6.07) is 8.82. The number of nitrogen functional groups attached to an aromatic ring is 1. The van der Waals surface area contributed by atoms with Crippen molar-refractivity contribution in [1.82, 2.24) is 10.5 Å². The average molecular weight is 245 g/mol. The van der Waals surface area contributed by atoms with Crippen LogP contribution in [-0.4, -0.2) is 11.1 Å². The van der Waals surface area contributed by atoms with Crippen LogP contribution in [0.4, 0.5) is 5.69 Å². The van der Waals surface area contributed by atoms with Gasteiger partial charge in [0.2, 0.25) is 5.76 Å². The van der Waals surface area contributed by atoms with Crippen molar-refractivity contribution in [3.05, 3.63) is 47.3 Å². The van der Waals surface area contributed by atoms with E-state index >= 15 is 0 Å². The van der Waals surface area contributed by atoms with E-state index in [4.69, 9.17) is 10.3 Å². The van der Waals surface area contributed by atoms with Gasteiger partial charge in [0.15, 0.2) is 0 Å². The van der Waals surface area contributed by atoms with Crippen molar-refractivity contribution in [2.24, 2.45) is 0 Å². The number of nitrogens with two attached hydrogens (primary N) is 1. The second kappa shape index (κ2) is 4.91. The average Bonchev–Trinajstić information content (AvgIpc) is 2.76. The van der Waals surface area contributed by atoms with Gasteiger partial charge in [0.1, 0.15) is 0 Å².